The number of hydroxylamine groups is 1. The van der Waals surface area contributed by atoms with Crippen LogP contribution in [-0.4, -0.2) is 52.3 Å². The van der Waals surface area contributed by atoms with Crippen LogP contribution < -0.4 is 16.1 Å². The molecule has 0 bridgehead atoms. The van der Waals surface area contributed by atoms with Gasteiger partial charge in [0.15, 0.2) is 12.6 Å². The fourth-order valence-corrected chi connectivity index (χ4v) is 3.27. The minimum absolute atomic E-state index is 0.0109. The van der Waals surface area contributed by atoms with Gasteiger partial charge < -0.3 is 19.5 Å². The molecule has 3 aliphatic rings. The van der Waals surface area contributed by atoms with Crippen LogP contribution in [0.25, 0.3) is 0 Å². The maximum atomic E-state index is 5.78. The first-order valence-electron chi connectivity index (χ1n) is 8.09. The van der Waals surface area contributed by atoms with Crippen molar-refractivity contribution in [1.29, 1.82) is 0 Å². The Morgan fingerprint density at radius 3 is 2.68 bits per heavy atom. The first-order chi connectivity index (χ1) is 10.8. The van der Waals surface area contributed by atoms with Crippen LogP contribution >= 0.6 is 0 Å². The average molecular weight is 313 g/mol. The van der Waals surface area contributed by atoms with Gasteiger partial charge in [-0.25, -0.2) is 0 Å². The number of piperidine rings is 1. The van der Waals surface area contributed by atoms with Gasteiger partial charge in [0.2, 0.25) is 0 Å². The predicted octanol–water partition coefficient (Wildman–Crippen LogP) is 0.444. The van der Waals surface area contributed by atoms with E-state index >= 15 is 0 Å². The van der Waals surface area contributed by atoms with Gasteiger partial charge in [0, 0.05) is 26.6 Å². The van der Waals surface area contributed by atoms with Crippen LogP contribution in [0, 0.1) is 5.92 Å². The summed E-state index contributed by atoms with van der Waals surface area (Å²) >= 11 is 0. The van der Waals surface area contributed by atoms with Gasteiger partial charge in [0.05, 0.1) is 0 Å². The summed E-state index contributed by atoms with van der Waals surface area (Å²) in [6, 6.07) is 0. The van der Waals surface area contributed by atoms with Crippen molar-refractivity contribution in [2.24, 2.45) is 5.92 Å². The molecule has 2 saturated heterocycles. The van der Waals surface area contributed by atoms with E-state index in [1.807, 2.05) is 6.08 Å². The van der Waals surface area contributed by atoms with Gasteiger partial charge in [-0.15, -0.1) is 0 Å². The van der Waals surface area contributed by atoms with E-state index in [9.17, 15) is 0 Å². The highest BCUT2D eigenvalue weighted by Crippen LogP contribution is 2.25. The average Bonchev–Trinajstić information content (AvgIpc) is 2.96. The molecular formula is C15H27N3O4. The number of ether oxygens (including phenoxy) is 3. The van der Waals surface area contributed by atoms with Crippen LogP contribution in [0.3, 0.4) is 0 Å². The van der Waals surface area contributed by atoms with E-state index in [-0.39, 0.29) is 25.0 Å². The third-order valence-electron chi connectivity index (χ3n) is 4.63. The van der Waals surface area contributed by atoms with E-state index in [2.05, 4.69) is 16.1 Å². The van der Waals surface area contributed by atoms with Crippen LogP contribution in [0.1, 0.15) is 25.7 Å². The number of methoxy groups -OCH3 is 2. The van der Waals surface area contributed by atoms with Gasteiger partial charge in [-0.05, 0) is 44.0 Å². The molecule has 0 aromatic rings. The number of hydrogen-bond donors (Lipinski definition) is 3. The predicted molar refractivity (Wildman–Crippen MR) is 80.5 cm³/mol. The Kier molecular flexibility index (Phi) is 5.81. The van der Waals surface area contributed by atoms with Crippen LogP contribution in [0.2, 0.25) is 0 Å². The number of nitrogens with one attached hydrogen (secondary N) is 3. The molecule has 4 unspecified atom stereocenters. The lowest BCUT2D eigenvalue weighted by Gasteiger charge is -2.26. The van der Waals surface area contributed by atoms with E-state index in [0.717, 1.165) is 38.8 Å². The van der Waals surface area contributed by atoms with Crippen molar-refractivity contribution >= 4 is 0 Å². The molecule has 7 nitrogen and oxygen atoms in total. The van der Waals surface area contributed by atoms with Crippen molar-refractivity contribution in [2.45, 2.75) is 50.7 Å². The summed E-state index contributed by atoms with van der Waals surface area (Å²) < 4.78 is 16.4. The minimum atomic E-state index is -0.385. The van der Waals surface area contributed by atoms with Crippen LogP contribution in [0.5, 0.6) is 0 Å². The third kappa shape index (κ3) is 3.86. The summed E-state index contributed by atoms with van der Waals surface area (Å²) in [6.45, 7) is 2.13. The van der Waals surface area contributed by atoms with E-state index < -0.39 is 0 Å². The summed E-state index contributed by atoms with van der Waals surface area (Å²) in [5, 5.41) is 6.94. The van der Waals surface area contributed by atoms with E-state index in [0.29, 0.717) is 5.92 Å². The molecule has 0 saturated carbocycles. The first-order valence-corrected chi connectivity index (χ1v) is 8.09. The van der Waals surface area contributed by atoms with Gasteiger partial charge in [-0.1, -0.05) is 0 Å². The SMILES string of the molecule is COC1C=C(C2NOC(C3CCNCC3)N2)CCC(OC)O1. The molecule has 2 fully saturated rings. The molecule has 4 atom stereocenters. The molecule has 3 rings (SSSR count). The quantitative estimate of drug-likeness (QED) is 0.651. The van der Waals surface area contributed by atoms with Gasteiger partial charge in [0.1, 0.15) is 12.4 Å². The highest BCUT2D eigenvalue weighted by molar-refractivity contribution is 5.13. The lowest BCUT2D eigenvalue weighted by molar-refractivity contribution is -0.209. The zero-order valence-electron chi connectivity index (χ0n) is 13.3. The van der Waals surface area contributed by atoms with Gasteiger partial charge >= 0.3 is 0 Å². The van der Waals surface area contributed by atoms with Crippen LogP contribution in [0.15, 0.2) is 11.6 Å². The Labute approximate surface area is 131 Å². The summed E-state index contributed by atoms with van der Waals surface area (Å²) in [7, 11) is 3.30. The molecule has 3 N–H and O–H groups in total. The molecule has 0 aliphatic carbocycles. The van der Waals surface area contributed by atoms with Crippen molar-refractivity contribution in [1.82, 2.24) is 16.1 Å². The molecule has 0 aromatic carbocycles. The summed E-state index contributed by atoms with van der Waals surface area (Å²) in [5.74, 6) is 0.548. The lowest BCUT2D eigenvalue weighted by Crippen LogP contribution is -2.42. The Bertz CT molecular complexity index is 387. The highest BCUT2D eigenvalue weighted by Gasteiger charge is 2.34. The van der Waals surface area contributed by atoms with Crippen LogP contribution in [0.4, 0.5) is 0 Å². The van der Waals surface area contributed by atoms with Gasteiger partial charge in [-0.2, -0.15) is 5.48 Å². The van der Waals surface area contributed by atoms with Gasteiger partial charge in [0.25, 0.3) is 0 Å². The fourth-order valence-electron chi connectivity index (χ4n) is 3.27. The van der Waals surface area contributed by atoms with Crippen LogP contribution in [-0.2, 0) is 19.0 Å². The molecule has 22 heavy (non-hydrogen) atoms. The second-order valence-corrected chi connectivity index (χ2v) is 6.03. The topological polar surface area (TPSA) is 73.0 Å². The molecule has 0 radical (unpaired) electrons. The maximum absolute atomic E-state index is 5.78. The van der Waals surface area contributed by atoms with Gasteiger partial charge in [-0.3, -0.25) is 10.2 Å². The molecule has 3 heterocycles. The smallest absolute Gasteiger partial charge is 0.179 e. The normalized spacial score (nSPS) is 37.8. The molecule has 0 spiro atoms. The van der Waals surface area contributed by atoms with E-state index in [4.69, 9.17) is 19.0 Å². The molecular weight excluding hydrogens is 286 g/mol. The summed E-state index contributed by atoms with van der Waals surface area (Å²) in [4.78, 5) is 5.78. The Hall–Kier alpha value is -0.540. The summed E-state index contributed by atoms with van der Waals surface area (Å²) in [5.41, 5.74) is 4.32. The largest absolute Gasteiger partial charge is 0.356 e. The summed E-state index contributed by atoms with van der Waals surface area (Å²) in [6.07, 6.45) is 5.43. The third-order valence-corrected chi connectivity index (χ3v) is 4.63. The molecule has 3 aliphatic heterocycles. The van der Waals surface area contributed by atoms with Crippen molar-refractivity contribution < 1.29 is 19.0 Å². The van der Waals surface area contributed by atoms with E-state index in [1.165, 1.54) is 5.57 Å². The van der Waals surface area contributed by atoms with Crippen molar-refractivity contribution in [3.8, 4) is 0 Å². The zero-order valence-corrected chi connectivity index (χ0v) is 13.3. The Balaban J connectivity index is 1.60. The van der Waals surface area contributed by atoms with E-state index in [1.54, 1.807) is 14.2 Å². The first kappa shape index (κ1) is 16.3. The standard InChI is InChI=1S/C15H27N3O4/c1-19-12-4-3-11(9-13(20-2)21-12)14-17-15(22-18-14)10-5-7-16-8-6-10/h9-10,12-18H,3-8H2,1-2H3. The second-order valence-electron chi connectivity index (χ2n) is 6.03. The number of hydrogen-bond acceptors (Lipinski definition) is 7. The monoisotopic (exact) mass is 313 g/mol. The molecule has 126 valence electrons. The van der Waals surface area contributed by atoms with Crippen molar-refractivity contribution in [2.75, 3.05) is 27.3 Å². The highest BCUT2D eigenvalue weighted by atomic mass is 16.8. The molecule has 0 amide bonds. The van der Waals surface area contributed by atoms with Crippen molar-refractivity contribution in [3.63, 3.8) is 0 Å². The zero-order chi connectivity index (χ0) is 15.4. The Morgan fingerprint density at radius 2 is 1.95 bits per heavy atom. The molecule has 0 aromatic heterocycles. The molecule has 7 heteroatoms. The fraction of sp³-hybridized carbons (Fsp3) is 0.867. The lowest BCUT2D eigenvalue weighted by atomic mass is 9.96. The van der Waals surface area contributed by atoms with Crippen molar-refractivity contribution in [3.05, 3.63) is 11.6 Å². The number of rotatable bonds is 4. The second kappa shape index (κ2) is 7.83. The minimum Gasteiger partial charge on any atom is -0.356 e. The maximum Gasteiger partial charge on any atom is 0.179 e. The Morgan fingerprint density at radius 1 is 1.14 bits per heavy atom.